The molecule has 2 aromatic heterocycles. The SMILES string of the molecule is COc1cnc(C(=O)Nc2c(C)nsc2Br)cc1OC1CCCC1. The number of amides is 1. The molecule has 0 bridgehead atoms. The van der Waals surface area contributed by atoms with Crippen LogP contribution in [0, 0.1) is 6.92 Å². The molecule has 0 saturated heterocycles. The van der Waals surface area contributed by atoms with Crippen LogP contribution < -0.4 is 14.8 Å². The maximum atomic E-state index is 12.5. The smallest absolute Gasteiger partial charge is 0.274 e. The standard InChI is InChI=1S/C16H18BrN3O3S/c1-9-14(15(17)24-20-9)19-16(21)11-7-12(13(22-2)8-18-11)23-10-5-3-4-6-10/h7-8,10H,3-6H2,1-2H3,(H,19,21). The summed E-state index contributed by atoms with van der Waals surface area (Å²) in [6.07, 6.45) is 6.09. The molecular formula is C16H18BrN3O3S. The van der Waals surface area contributed by atoms with E-state index in [9.17, 15) is 4.79 Å². The number of pyridine rings is 1. The Morgan fingerprint density at radius 3 is 2.75 bits per heavy atom. The molecule has 2 heterocycles. The summed E-state index contributed by atoms with van der Waals surface area (Å²) in [6, 6.07) is 1.63. The number of nitrogens with zero attached hydrogens (tertiary/aromatic N) is 2. The number of ether oxygens (including phenoxy) is 2. The number of carbonyl (C=O) groups excluding carboxylic acids is 1. The molecule has 1 amide bonds. The van der Waals surface area contributed by atoms with E-state index in [4.69, 9.17) is 9.47 Å². The Hall–Kier alpha value is -1.67. The summed E-state index contributed by atoms with van der Waals surface area (Å²) in [5.41, 5.74) is 1.71. The average molecular weight is 412 g/mol. The molecule has 0 unspecified atom stereocenters. The lowest BCUT2D eigenvalue weighted by Gasteiger charge is -2.16. The molecule has 24 heavy (non-hydrogen) atoms. The van der Waals surface area contributed by atoms with Crippen molar-refractivity contribution in [3.8, 4) is 11.5 Å². The van der Waals surface area contributed by atoms with Crippen molar-refractivity contribution in [3.05, 3.63) is 27.4 Å². The van der Waals surface area contributed by atoms with Gasteiger partial charge in [0.1, 0.15) is 9.48 Å². The van der Waals surface area contributed by atoms with Gasteiger partial charge in [-0.25, -0.2) is 4.98 Å². The Labute approximate surface area is 152 Å². The third-order valence-corrected chi connectivity index (χ3v) is 5.50. The van der Waals surface area contributed by atoms with Gasteiger partial charge in [-0.2, -0.15) is 4.37 Å². The van der Waals surface area contributed by atoms with Gasteiger partial charge in [0, 0.05) is 6.07 Å². The first-order valence-electron chi connectivity index (χ1n) is 7.72. The van der Waals surface area contributed by atoms with Crippen LogP contribution in [0.3, 0.4) is 0 Å². The summed E-state index contributed by atoms with van der Waals surface area (Å²) in [6.45, 7) is 1.84. The lowest BCUT2D eigenvalue weighted by atomic mass is 10.2. The van der Waals surface area contributed by atoms with Crippen LogP contribution in [-0.4, -0.2) is 28.5 Å². The minimum Gasteiger partial charge on any atom is -0.491 e. The lowest BCUT2D eigenvalue weighted by Crippen LogP contribution is -2.16. The van der Waals surface area contributed by atoms with Crippen LogP contribution in [0.25, 0.3) is 0 Å². The van der Waals surface area contributed by atoms with Crippen LogP contribution >= 0.6 is 27.5 Å². The molecular weight excluding hydrogens is 394 g/mol. The monoisotopic (exact) mass is 411 g/mol. The number of anilines is 1. The Kier molecular flexibility index (Phi) is 5.35. The molecule has 2 aromatic rings. The zero-order valence-electron chi connectivity index (χ0n) is 13.5. The van der Waals surface area contributed by atoms with Gasteiger partial charge in [0.2, 0.25) is 0 Å². The van der Waals surface area contributed by atoms with Crippen molar-refractivity contribution >= 4 is 39.1 Å². The third kappa shape index (κ3) is 3.70. The van der Waals surface area contributed by atoms with Crippen LogP contribution in [0.2, 0.25) is 0 Å². The summed E-state index contributed by atoms with van der Waals surface area (Å²) in [7, 11) is 1.57. The molecule has 1 saturated carbocycles. The van der Waals surface area contributed by atoms with E-state index in [1.54, 1.807) is 13.2 Å². The summed E-state index contributed by atoms with van der Waals surface area (Å²) in [4.78, 5) is 16.7. The highest BCUT2D eigenvalue weighted by Crippen LogP contribution is 2.33. The minimum atomic E-state index is -0.307. The third-order valence-electron chi connectivity index (χ3n) is 3.94. The maximum absolute atomic E-state index is 12.5. The molecule has 0 spiro atoms. The van der Waals surface area contributed by atoms with Gasteiger partial charge in [0.05, 0.1) is 30.8 Å². The van der Waals surface area contributed by atoms with E-state index in [0.29, 0.717) is 17.2 Å². The van der Waals surface area contributed by atoms with Gasteiger partial charge in [-0.05, 0) is 60.1 Å². The van der Waals surface area contributed by atoms with E-state index in [-0.39, 0.29) is 17.7 Å². The van der Waals surface area contributed by atoms with E-state index < -0.39 is 0 Å². The normalized spacial score (nSPS) is 14.6. The number of nitrogens with one attached hydrogen (secondary N) is 1. The van der Waals surface area contributed by atoms with Crippen molar-refractivity contribution in [2.24, 2.45) is 0 Å². The molecule has 8 heteroatoms. The van der Waals surface area contributed by atoms with Crippen molar-refractivity contribution in [3.63, 3.8) is 0 Å². The number of methoxy groups -OCH3 is 1. The fourth-order valence-corrected chi connectivity index (χ4v) is 3.84. The Bertz CT molecular complexity index is 725. The van der Waals surface area contributed by atoms with Crippen LogP contribution in [-0.2, 0) is 0 Å². The largest absolute Gasteiger partial charge is 0.491 e. The molecule has 1 aliphatic carbocycles. The van der Waals surface area contributed by atoms with Gasteiger partial charge in [-0.3, -0.25) is 4.79 Å². The van der Waals surface area contributed by atoms with Crippen molar-refractivity contribution < 1.29 is 14.3 Å². The number of hydrogen-bond acceptors (Lipinski definition) is 6. The van der Waals surface area contributed by atoms with Crippen LogP contribution in [0.1, 0.15) is 41.9 Å². The van der Waals surface area contributed by atoms with E-state index in [0.717, 1.165) is 22.3 Å². The summed E-state index contributed by atoms with van der Waals surface area (Å²) in [5.74, 6) is 0.787. The molecule has 0 aromatic carbocycles. The van der Waals surface area contributed by atoms with Gasteiger partial charge in [-0.15, -0.1) is 0 Å². The summed E-state index contributed by atoms with van der Waals surface area (Å²) < 4.78 is 16.3. The van der Waals surface area contributed by atoms with Gasteiger partial charge in [0.25, 0.3) is 5.91 Å². The first-order valence-corrected chi connectivity index (χ1v) is 9.29. The van der Waals surface area contributed by atoms with Gasteiger partial charge in [-0.1, -0.05) is 0 Å². The van der Waals surface area contributed by atoms with Crippen molar-refractivity contribution in [2.75, 3.05) is 12.4 Å². The predicted octanol–water partition coefficient (Wildman–Crippen LogP) is 4.19. The van der Waals surface area contributed by atoms with Gasteiger partial charge < -0.3 is 14.8 Å². The lowest BCUT2D eigenvalue weighted by molar-refractivity contribution is 0.102. The number of hydrogen-bond donors (Lipinski definition) is 1. The van der Waals surface area contributed by atoms with Crippen LogP contribution in [0.5, 0.6) is 11.5 Å². The average Bonchev–Trinajstić information content (AvgIpc) is 3.20. The van der Waals surface area contributed by atoms with Crippen molar-refractivity contribution in [1.29, 1.82) is 0 Å². The Morgan fingerprint density at radius 1 is 1.38 bits per heavy atom. The predicted molar refractivity (Wildman–Crippen MR) is 96.2 cm³/mol. The topological polar surface area (TPSA) is 73.3 Å². The second-order valence-electron chi connectivity index (χ2n) is 5.62. The highest BCUT2D eigenvalue weighted by Gasteiger charge is 2.21. The Morgan fingerprint density at radius 2 is 2.12 bits per heavy atom. The Balaban J connectivity index is 1.81. The molecule has 0 aliphatic heterocycles. The van der Waals surface area contributed by atoms with E-state index in [1.165, 1.54) is 30.6 Å². The number of halogens is 1. The number of aryl methyl sites for hydroxylation is 1. The van der Waals surface area contributed by atoms with Crippen molar-refractivity contribution in [2.45, 2.75) is 38.7 Å². The molecule has 0 atom stereocenters. The van der Waals surface area contributed by atoms with Gasteiger partial charge in [0.15, 0.2) is 11.5 Å². The number of carbonyl (C=O) groups is 1. The first-order chi connectivity index (χ1) is 11.6. The number of aromatic nitrogens is 2. The minimum absolute atomic E-state index is 0.176. The van der Waals surface area contributed by atoms with E-state index in [2.05, 4.69) is 30.6 Å². The fraction of sp³-hybridized carbons (Fsp3) is 0.438. The number of rotatable bonds is 5. The molecule has 6 nitrogen and oxygen atoms in total. The van der Waals surface area contributed by atoms with Crippen LogP contribution in [0.4, 0.5) is 5.69 Å². The highest BCUT2D eigenvalue weighted by atomic mass is 79.9. The second kappa shape index (κ2) is 7.48. The zero-order chi connectivity index (χ0) is 17.1. The summed E-state index contributed by atoms with van der Waals surface area (Å²) in [5, 5.41) is 2.84. The van der Waals surface area contributed by atoms with Crippen molar-refractivity contribution in [1.82, 2.24) is 9.36 Å². The summed E-state index contributed by atoms with van der Waals surface area (Å²) >= 11 is 4.68. The fourth-order valence-electron chi connectivity index (χ4n) is 2.64. The van der Waals surface area contributed by atoms with E-state index in [1.807, 2.05) is 6.92 Å². The molecule has 1 fully saturated rings. The molecule has 3 rings (SSSR count). The zero-order valence-corrected chi connectivity index (χ0v) is 15.9. The molecule has 1 N–H and O–H groups in total. The molecule has 1 aliphatic rings. The van der Waals surface area contributed by atoms with Gasteiger partial charge >= 0.3 is 0 Å². The molecule has 128 valence electrons. The maximum Gasteiger partial charge on any atom is 0.274 e. The second-order valence-corrected chi connectivity index (χ2v) is 7.71. The van der Waals surface area contributed by atoms with E-state index >= 15 is 0 Å². The quantitative estimate of drug-likeness (QED) is 0.797. The molecule has 0 radical (unpaired) electrons. The first kappa shape index (κ1) is 17.2. The van der Waals surface area contributed by atoms with Crippen LogP contribution in [0.15, 0.2) is 16.0 Å². The highest BCUT2D eigenvalue weighted by molar-refractivity contribution is 9.11.